The fourth-order valence-corrected chi connectivity index (χ4v) is 10.7. The maximum absolute atomic E-state index is 16.8. The fraction of sp³-hybridized carbons (Fsp3) is 0.438. The van der Waals surface area contributed by atoms with Crippen LogP contribution in [0.5, 0.6) is 5.75 Å². The highest BCUT2D eigenvalue weighted by Crippen LogP contribution is 2.50. The van der Waals surface area contributed by atoms with E-state index in [1.54, 1.807) is 33.5 Å². The van der Waals surface area contributed by atoms with E-state index < -0.39 is 29.8 Å². The van der Waals surface area contributed by atoms with E-state index in [4.69, 9.17) is 19.2 Å². The van der Waals surface area contributed by atoms with Crippen LogP contribution in [0.15, 0.2) is 60.9 Å². The molecule has 3 aliphatic heterocycles. The quantitative estimate of drug-likeness (QED) is 0.129. The number of likely N-dealkylation sites (tertiary alicyclic amines) is 2. The van der Waals surface area contributed by atoms with Crippen LogP contribution in [0.1, 0.15) is 119 Å². The summed E-state index contributed by atoms with van der Waals surface area (Å²) in [5, 5.41) is 3.62. The highest BCUT2D eigenvalue weighted by atomic mass is 32.1. The number of carbonyl (C=O) groups excluding carboxylic acids is 3. The van der Waals surface area contributed by atoms with Crippen LogP contribution >= 0.6 is 11.3 Å². The Hall–Kier alpha value is -6.16. The van der Waals surface area contributed by atoms with Crippen molar-refractivity contribution >= 4 is 40.3 Å². The number of imidazole rings is 2. The number of benzene rings is 2. The van der Waals surface area contributed by atoms with Gasteiger partial charge >= 0.3 is 12.2 Å². The summed E-state index contributed by atoms with van der Waals surface area (Å²) in [4.78, 5) is 61.2. The average molecular weight is 889 g/mol. The Kier molecular flexibility index (Phi) is 10.5. The number of amides is 3. The van der Waals surface area contributed by atoms with Gasteiger partial charge in [-0.15, -0.1) is 11.3 Å². The van der Waals surface area contributed by atoms with E-state index in [2.05, 4.69) is 43.0 Å². The second-order valence-corrected chi connectivity index (χ2v) is 19.9. The van der Waals surface area contributed by atoms with E-state index in [1.807, 2.05) is 58.9 Å². The van der Waals surface area contributed by atoms with Gasteiger partial charge < -0.3 is 34.4 Å². The summed E-state index contributed by atoms with van der Waals surface area (Å²) in [6.07, 6.45) is 7.40. The molecule has 0 bridgehead atoms. The van der Waals surface area contributed by atoms with Crippen LogP contribution < -0.4 is 10.1 Å². The van der Waals surface area contributed by atoms with Gasteiger partial charge in [0.1, 0.15) is 34.9 Å². The molecule has 3 amide bonds. The molecule has 334 valence electrons. The van der Waals surface area contributed by atoms with Crippen LogP contribution in [0, 0.1) is 11.7 Å². The molecule has 64 heavy (non-hydrogen) atoms. The van der Waals surface area contributed by atoms with Gasteiger partial charge in [0.05, 0.1) is 64.6 Å². The molecule has 6 aromatic rings. The number of aromatic amines is 2. The number of rotatable bonds is 9. The van der Waals surface area contributed by atoms with Crippen molar-refractivity contribution in [3.05, 3.63) is 88.1 Å². The first kappa shape index (κ1) is 41.8. The second kappa shape index (κ2) is 16.1. The second-order valence-electron chi connectivity index (χ2n) is 18.7. The Morgan fingerprint density at radius 3 is 2.22 bits per heavy atom. The summed E-state index contributed by atoms with van der Waals surface area (Å²) in [5.74, 6) is 1.57. The van der Waals surface area contributed by atoms with E-state index in [1.165, 1.54) is 30.9 Å². The summed E-state index contributed by atoms with van der Waals surface area (Å²) in [6.45, 7) is 10.5. The third-order valence-electron chi connectivity index (χ3n) is 12.7. The minimum Gasteiger partial charge on any atom is -0.464 e. The zero-order valence-corrected chi connectivity index (χ0v) is 37.7. The minimum absolute atomic E-state index is 0.140. The first-order chi connectivity index (χ1) is 30.7. The molecule has 10 rings (SSSR count). The van der Waals surface area contributed by atoms with E-state index in [-0.39, 0.29) is 30.0 Å². The number of nitrogens with one attached hydrogen (secondary N) is 3. The lowest BCUT2D eigenvalue weighted by Crippen LogP contribution is -2.51. The molecule has 0 radical (unpaired) electrons. The summed E-state index contributed by atoms with van der Waals surface area (Å²) in [5.41, 5.74) is 4.25. The van der Waals surface area contributed by atoms with E-state index >= 15 is 4.39 Å². The molecule has 7 heterocycles. The zero-order chi connectivity index (χ0) is 44.6. The van der Waals surface area contributed by atoms with E-state index in [0.29, 0.717) is 58.9 Å². The number of hydrogen-bond acceptors (Lipinski definition) is 9. The van der Waals surface area contributed by atoms with Gasteiger partial charge in [-0.1, -0.05) is 19.9 Å². The molecule has 4 aromatic heterocycles. The van der Waals surface area contributed by atoms with Crippen molar-refractivity contribution in [2.45, 2.75) is 109 Å². The Morgan fingerprint density at radius 1 is 0.875 bits per heavy atom. The number of H-pyrrole nitrogens is 2. The molecule has 4 atom stereocenters. The number of carbonyl (C=O) groups is 3. The van der Waals surface area contributed by atoms with Crippen LogP contribution in [0.3, 0.4) is 0 Å². The molecule has 3 N–H and O–H groups in total. The third kappa shape index (κ3) is 7.68. The summed E-state index contributed by atoms with van der Waals surface area (Å²) >= 11 is 1.75. The lowest BCUT2D eigenvalue weighted by atomic mass is 10.0. The van der Waals surface area contributed by atoms with Gasteiger partial charge in [0, 0.05) is 34.5 Å². The Bertz CT molecular complexity index is 2780. The van der Waals surface area contributed by atoms with Crippen molar-refractivity contribution in [2.75, 3.05) is 20.2 Å². The first-order valence-corrected chi connectivity index (χ1v) is 23.1. The monoisotopic (exact) mass is 888 g/mol. The lowest BCUT2D eigenvalue weighted by molar-refractivity contribution is -0.135. The molecule has 1 unspecified atom stereocenters. The molecule has 1 saturated carbocycles. The van der Waals surface area contributed by atoms with Crippen LogP contribution in [0.4, 0.5) is 14.0 Å². The predicted molar refractivity (Wildman–Crippen MR) is 240 cm³/mol. The summed E-state index contributed by atoms with van der Waals surface area (Å²) < 4.78 is 36.3. The topological polar surface area (TPSA) is 160 Å². The Morgan fingerprint density at radius 2 is 1.55 bits per heavy atom. The molecule has 2 saturated heterocycles. The number of thiophene rings is 1. The molecular formula is C48H53FN8O6S. The van der Waals surface area contributed by atoms with Crippen molar-refractivity contribution in [3.8, 4) is 39.5 Å². The SMILES string of the molecule is COC(=O)N[C@H](C(=O)N1CCC[C@H]1c1ncc(-c2ccc3c(c2)cc2n3C(c3ccc(C4CC4)s3)Oc3cc(-c4cnc([C@@H]5CCCN5C(=O)OC(C)(C)C)[nH]4)cc(F)c3-2)[nH]1)C(C)C. The smallest absolute Gasteiger partial charge is 0.410 e. The molecule has 4 aliphatic rings. The van der Waals surface area contributed by atoms with E-state index in [9.17, 15) is 14.4 Å². The summed E-state index contributed by atoms with van der Waals surface area (Å²) in [7, 11) is 1.29. The average Bonchev–Trinajstić information content (AvgIpc) is 3.98. The number of alkyl carbamates (subject to hydrolysis) is 1. The molecule has 1 aliphatic carbocycles. The highest BCUT2D eigenvalue weighted by Gasteiger charge is 2.39. The van der Waals surface area contributed by atoms with Crippen LogP contribution in [0.25, 0.3) is 44.7 Å². The van der Waals surface area contributed by atoms with E-state index in [0.717, 1.165) is 52.7 Å². The van der Waals surface area contributed by atoms with Crippen molar-refractivity contribution in [2.24, 2.45) is 5.92 Å². The summed E-state index contributed by atoms with van der Waals surface area (Å²) in [6, 6.07) is 14.6. The number of hydrogen-bond donors (Lipinski definition) is 3. The number of fused-ring (bicyclic) bond motifs is 5. The first-order valence-electron chi connectivity index (χ1n) is 22.2. The normalized spacial score (nSPS) is 20.0. The highest BCUT2D eigenvalue weighted by molar-refractivity contribution is 7.12. The van der Waals surface area contributed by atoms with Crippen molar-refractivity contribution < 1.29 is 33.0 Å². The molecule has 14 nitrogen and oxygen atoms in total. The largest absolute Gasteiger partial charge is 0.464 e. The number of nitrogens with zero attached hydrogens (tertiary/aromatic N) is 5. The third-order valence-corrected chi connectivity index (χ3v) is 14.0. The molecule has 3 fully saturated rings. The molecule has 16 heteroatoms. The van der Waals surface area contributed by atoms with Gasteiger partial charge in [-0.25, -0.2) is 23.9 Å². The molecular weight excluding hydrogens is 836 g/mol. The van der Waals surface area contributed by atoms with Gasteiger partial charge in [-0.3, -0.25) is 14.3 Å². The Labute approximate surface area is 374 Å². The van der Waals surface area contributed by atoms with Crippen LogP contribution in [0.2, 0.25) is 0 Å². The van der Waals surface area contributed by atoms with Crippen molar-refractivity contribution in [1.29, 1.82) is 0 Å². The fourth-order valence-electron chi connectivity index (χ4n) is 9.46. The maximum atomic E-state index is 16.8. The van der Waals surface area contributed by atoms with Gasteiger partial charge in [-0.2, -0.15) is 0 Å². The van der Waals surface area contributed by atoms with Crippen molar-refractivity contribution in [1.82, 2.24) is 39.6 Å². The number of methoxy groups -OCH3 is 1. The Balaban J connectivity index is 0.975. The maximum Gasteiger partial charge on any atom is 0.410 e. The molecule has 2 aromatic carbocycles. The number of halogens is 1. The standard InChI is InChI=1S/C48H53FN8O6S/c1-25(2)41(54-46(59)61-6)44(58)55-17-7-9-34(55)42-50-23-31(52-42)27-13-14-33-29(19-27)21-36-40-30(49)20-28(22-37(40)62-45(57(33)36)39-16-15-38(64-39)26-11-12-26)32-24-51-43(53-32)35-10-8-18-56(35)47(60)63-48(3,4)5/h13-16,19-26,34-35,41,45H,7-12,17-18H2,1-6H3,(H,50,52)(H,51,53)(H,54,59)/t34-,35-,41-,45?/m0/s1. The van der Waals surface area contributed by atoms with Gasteiger partial charge in [0.15, 0.2) is 0 Å². The van der Waals surface area contributed by atoms with Gasteiger partial charge in [0.25, 0.3) is 0 Å². The zero-order valence-electron chi connectivity index (χ0n) is 36.9. The number of aromatic nitrogens is 5. The number of ether oxygens (including phenoxy) is 3. The van der Waals surface area contributed by atoms with Gasteiger partial charge in [0.2, 0.25) is 12.1 Å². The predicted octanol–water partition coefficient (Wildman–Crippen LogP) is 10.2. The van der Waals surface area contributed by atoms with Crippen LogP contribution in [-0.4, -0.2) is 84.2 Å². The molecule has 0 spiro atoms. The van der Waals surface area contributed by atoms with Gasteiger partial charge in [-0.05, 0) is 114 Å². The minimum atomic E-state index is -0.728. The van der Waals surface area contributed by atoms with Crippen molar-refractivity contribution in [3.63, 3.8) is 0 Å². The van der Waals surface area contributed by atoms with Crippen LogP contribution in [-0.2, 0) is 14.3 Å². The lowest BCUT2D eigenvalue weighted by Gasteiger charge is -2.30.